The molecule has 0 aliphatic heterocycles. The number of carbonyl (C=O) groups is 3. The van der Waals surface area contributed by atoms with Crippen LogP contribution in [-0.4, -0.2) is 83.6 Å². The molecule has 10 nitrogen and oxygen atoms in total. The Labute approximate surface area is 246 Å². The lowest BCUT2D eigenvalue weighted by Crippen LogP contribution is -2.65. The molecule has 3 aliphatic carbocycles. The Morgan fingerprint density at radius 1 is 1.09 bits per heavy atom. The number of nitrogens with zero attached hydrogens (tertiary/aromatic N) is 2. The maximum Gasteiger partial charge on any atom is 0.394 e. The number of primary amides is 1. The Morgan fingerprint density at radius 3 is 2.26 bits per heavy atom. The van der Waals surface area contributed by atoms with E-state index in [0.29, 0.717) is 23.7 Å². The predicted molar refractivity (Wildman–Crippen MR) is 154 cm³/mol. The van der Waals surface area contributed by atoms with Crippen LogP contribution in [0.25, 0.3) is 16.9 Å². The number of aliphatic hydroxyl groups excluding tert-OH is 1. The standard InChI is InChI=1S/C31H33F2N3O7/c1-30(32,33)43-16-8-6-14(7-9-16)17-12-21(35(2)3)18-10-15-11-20-22(36(4)5)13-19(29(34)41)27(39)31(20,42)28(40)23(15)26(38)24(18)25(17)37/h6-9,12-13,15,20,22,37-38,42H,10-11H2,1-5H3,(H2,34,41)/t15-,20-,22?,31+/m0/s1. The van der Waals surface area contributed by atoms with Gasteiger partial charge in [0.05, 0.1) is 11.1 Å². The number of alkyl halides is 2. The highest BCUT2D eigenvalue weighted by molar-refractivity contribution is 6.32. The first-order chi connectivity index (χ1) is 20.0. The number of likely N-dealkylation sites (N-methyl/N-ethyl adjacent to an activating group) is 1. The normalized spacial score (nSPS) is 25.1. The number of aliphatic hydroxyl groups is 2. The molecule has 5 N–H and O–H groups in total. The molecule has 1 fully saturated rings. The molecular formula is C31H33F2N3O7. The third-order valence-corrected chi connectivity index (χ3v) is 8.55. The molecule has 2 aromatic rings. The molecule has 0 bridgehead atoms. The largest absolute Gasteiger partial charge is 0.507 e. The zero-order valence-corrected chi connectivity index (χ0v) is 24.3. The van der Waals surface area contributed by atoms with Gasteiger partial charge < -0.3 is 35.6 Å². The molecule has 1 saturated carbocycles. The molecule has 2 aromatic carbocycles. The van der Waals surface area contributed by atoms with Gasteiger partial charge in [-0.3, -0.25) is 14.4 Å². The first kappa shape index (κ1) is 30.2. The van der Waals surface area contributed by atoms with E-state index in [2.05, 4.69) is 4.74 Å². The van der Waals surface area contributed by atoms with E-state index in [4.69, 9.17) is 5.73 Å². The van der Waals surface area contributed by atoms with Crippen molar-refractivity contribution in [2.75, 3.05) is 33.1 Å². The molecule has 0 heterocycles. The van der Waals surface area contributed by atoms with E-state index in [1.807, 2.05) is 0 Å². The lowest BCUT2D eigenvalue weighted by Gasteiger charge is -2.49. The van der Waals surface area contributed by atoms with Crippen molar-refractivity contribution in [3.63, 3.8) is 0 Å². The Kier molecular flexibility index (Phi) is 7.13. The molecule has 0 saturated heterocycles. The maximum absolute atomic E-state index is 14.1. The number of halogens is 2. The summed E-state index contributed by atoms with van der Waals surface area (Å²) >= 11 is 0. The van der Waals surface area contributed by atoms with Gasteiger partial charge in [0, 0.05) is 49.8 Å². The van der Waals surface area contributed by atoms with E-state index in [1.54, 1.807) is 44.1 Å². The number of fused-ring (bicyclic) bond motifs is 3. The van der Waals surface area contributed by atoms with Crippen molar-refractivity contribution in [2.24, 2.45) is 17.6 Å². The number of phenols is 1. The molecule has 43 heavy (non-hydrogen) atoms. The molecule has 4 atom stereocenters. The van der Waals surface area contributed by atoms with Crippen LogP contribution in [0.15, 0.2) is 47.6 Å². The van der Waals surface area contributed by atoms with Gasteiger partial charge in [0.2, 0.25) is 11.6 Å². The second-order valence-electron chi connectivity index (χ2n) is 11.8. The molecule has 5 rings (SSSR count). The number of ketones is 2. The topological polar surface area (TPSA) is 154 Å². The minimum atomic E-state index is -3.39. The summed E-state index contributed by atoms with van der Waals surface area (Å²) in [4.78, 5) is 43.1. The summed E-state index contributed by atoms with van der Waals surface area (Å²) in [6.07, 6.45) is -1.69. The third kappa shape index (κ3) is 4.74. The van der Waals surface area contributed by atoms with Crippen LogP contribution in [-0.2, 0) is 20.8 Å². The summed E-state index contributed by atoms with van der Waals surface area (Å²) in [5, 5.41) is 34.9. The summed E-state index contributed by atoms with van der Waals surface area (Å²) in [6.45, 7) is 0.612. The minimum absolute atomic E-state index is 0.0404. The summed E-state index contributed by atoms with van der Waals surface area (Å²) < 4.78 is 31.2. The first-order valence-electron chi connectivity index (χ1n) is 13.6. The summed E-state index contributed by atoms with van der Waals surface area (Å²) in [6, 6.07) is 6.59. The molecule has 0 aromatic heterocycles. The lowest BCUT2D eigenvalue weighted by molar-refractivity contribution is -0.160. The number of ether oxygens (including phenoxy) is 1. The van der Waals surface area contributed by atoms with Gasteiger partial charge >= 0.3 is 6.11 Å². The molecule has 1 amide bonds. The number of amides is 1. The van der Waals surface area contributed by atoms with Gasteiger partial charge in [0.25, 0.3) is 5.91 Å². The molecule has 12 heteroatoms. The average Bonchev–Trinajstić information content (AvgIpc) is 2.90. The number of rotatable bonds is 6. The van der Waals surface area contributed by atoms with Gasteiger partial charge in [0.1, 0.15) is 17.3 Å². The van der Waals surface area contributed by atoms with Crippen molar-refractivity contribution in [3.8, 4) is 22.6 Å². The number of nitrogens with two attached hydrogens (primary N) is 1. The number of Topliss-reactive ketones (excluding diaryl/α,β-unsaturated/α-hetero) is 2. The fourth-order valence-electron chi connectivity index (χ4n) is 6.64. The maximum atomic E-state index is 14.1. The fraction of sp³-hybridized carbons (Fsp3) is 0.387. The SMILES string of the molecule is CN(C)c1cc(-c2ccc(OC(C)(F)F)cc2)c(O)c2c1C[C@H]1C[C@H]3C(N(C)C)C=C(C(N)=O)C(=O)[C@@]3(O)C(=O)C1=C2O. The van der Waals surface area contributed by atoms with Gasteiger partial charge in [-0.2, -0.15) is 8.78 Å². The van der Waals surface area contributed by atoms with Crippen molar-refractivity contribution >= 4 is 28.9 Å². The molecule has 228 valence electrons. The summed E-state index contributed by atoms with van der Waals surface area (Å²) in [7, 11) is 6.93. The molecular weight excluding hydrogens is 564 g/mol. The highest BCUT2D eigenvalue weighted by atomic mass is 19.3. The summed E-state index contributed by atoms with van der Waals surface area (Å²) in [5.74, 6) is -5.84. The lowest BCUT2D eigenvalue weighted by atomic mass is 9.57. The number of hydrogen-bond acceptors (Lipinski definition) is 9. The quantitative estimate of drug-likeness (QED) is 0.291. The van der Waals surface area contributed by atoms with Gasteiger partial charge in [-0.25, -0.2) is 0 Å². The Bertz CT molecular complexity index is 1610. The van der Waals surface area contributed by atoms with E-state index in [0.717, 1.165) is 0 Å². The zero-order valence-electron chi connectivity index (χ0n) is 24.3. The number of carbonyl (C=O) groups excluding carboxylic acids is 3. The first-order valence-corrected chi connectivity index (χ1v) is 13.6. The van der Waals surface area contributed by atoms with E-state index in [-0.39, 0.29) is 41.0 Å². The predicted octanol–water partition coefficient (Wildman–Crippen LogP) is 2.80. The molecule has 0 radical (unpaired) electrons. The van der Waals surface area contributed by atoms with E-state index in [1.165, 1.54) is 30.3 Å². The second-order valence-corrected chi connectivity index (χ2v) is 11.8. The number of phenolic OH excluding ortho intramolecular Hbond substituents is 1. The average molecular weight is 598 g/mol. The molecule has 0 spiro atoms. The Hall–Kier alpha value is -4.29. The second kappa shape index (κ2) is 10.2. The van der Waals surface area contributed by atoms with Crippen LogP contribution in [0.4, 0.5) is 14.5 Å². The molecule has 3 aliphatic rings. The Balaban J connectivity index is 1.68. The van der Waals surface area contributed by atoms with Gasteiger partial charge in [-0.1, -0.05) is 18.2 Å². The monoisotopic (exact) mass is 597 g/mol. The van der Waals surface area contributed by atoms with Crippen LogP contribution in [0.3, 0.4) is 0 Å². The number of anilines is 1. The van der Waals surface area contributed by atoms with E-state index in [9.17, 15) is 38.5 Å². The number of hydrogen-bond donors (Lipinski definition) is 4. The Morgan fingerprint density at radius 2 is 1.72 bits per heavy atom. The van der Waals surface area contributed by atoms with Crippen LogP contribution in [0.5, 0.6) is 11.5 Å². The van der Waals surface area contributed by atoms with Gasteiger partial charge in [-0.05, 0) is 62.2 Å². The van der Waals surface area contributed by atoms with Crippen LogP contribution in [0.1, 0.15) is 24.5 Å². The number of benzene rings is 2. The van der Waals surface area contributed by atoms with Crippen molar-refractivity contribution in [1.29, 1.82) is 0 Å². The molecule has 1 unspecified atom stereocenters. The fourth-order valence-corrected chi connectivity index (χ4v) is 6.64. The smallest absolute Gasteiger partial charge is 0.394 e. The van der Waals surface area contributed by atoms with E-state index >= 15 is 0 Å². The van der Waals surface area contributed by atoms with Crippen molar-refractivity contribution in [3.05, 3.63) is 58.7 Å². The number of aromatic hydroxyl groups is 1. The van der Waals surface area contributed by atoms with Crippen molar-refractivity contribution < 1.29 is 43.2 Å². The van der Waals surface area contributed by atoms with Crippen LogP contribution < -0.4 is 15.4 Å². The highest BCUT2D eigenvalue weighted by Crippen LogP contribution is 2.53. The van der Waals surface area contributed by atoms with Crippen molar-refractivity contribution in [2.45, 2.75) is 37.5 Å². The third-order valence-electron chi connectivity index (χ3n) is 8.55. The minimum Gasteiger partial charge on any atom is -0.507 e. The van der Waals surface area contributed by atoms with Crippen molar-refractivity contribution in [1.82, 2.24) is 4.90 Å². The van der Waals surface area contributed by atoms with Crippen LogP contribution in [0.2, 0.25) is 0 Å². The highest BCUT2D eigenvalue weighted by Gasteiger charge is 2.63. The van der Waals surface area contributed by atoms with Gasteiger partial charge in [-0.15, -0.1) is 0 Å². The van der Waals surface area contributed by atoms with E-state index < -0.39 is 58.4 Å². The summed E-state index contributed by atoms with van der Waals surface area (Å²) in [5.41, 5.74) is 3.87. The zero-order chi connectivity index (χ0) is 31.8. The van der Waals surface area contributed by atoms with Crippen LogP contribution in [0, 0.1) is 11.8 Å². The van der Waals surface area contributed by atoms with Gasteiger partial charge in [0.15, 0.2) is 5.60 Å². The van der Waals surface area contributed by atoms with Crippen LogP contribution >= 0.6 is 0 Å².